The lowest BCUT2D eigenvalue weighted by atomic mass is 10.0. The summed E-state index contributed by atoms with van der Waals surface area (Å²) in [6.45, 7) is 0.482. The van der Waals surface area contributed by atoms with Crippen molar-refractivity contribution in [1.29, 1.82) is 5.26 Å². The molecule has 0 aromatic heterocycles. The van der Waals surface area contributed by atoms with Gasteiger partial charge >= 0.3 is 0 Å². The number of ether oxygens (including phenoxy) is 1. The van der Waals surface area contributed by atoms with Crippen LogP contribution >= 0.6 is 0 Å². The van der Waals surface area contributed by atoms with Crippen LogP contribution in [0.25, 0.3) is 0 Å². The van der Waals surface area contributed by atoms with Gasteiger partial charge < -0.3 is 4.74 Å². The molecule has 1 aliphatic rings. The normalized spacial score (nSPS) is 18.7. The van der Waals surface area contributed by atoms with E-state index in [2.05, 4.69) is 0 Å². The standard InChI is InChI=1S/C20H22N2O3S/c1-25-18-11-9-17(10-12-18)20-8-3-2-4-13-22(20)26(23,24)19-7-5-6-16(14-19)15-21/h5-7,9-12,14,20H,2-4,8,13H2,1H3/t20-/m0/s1. The quantitative estimate of drug-likeness (QED) is 0.819. The first-order chi connectivity index (χ1) is 12.6. The van der Waals surface area contributed by atoms with Gasteiger partial charge in [-0.3, -0.25) is 0 Å². The molecule has 1 heterocycles. The van der Waals surface area contributed by atoms with Crippen molar-refractivity contribution in [2.75, 3.05) is 13.7 Å². The van der Waals surface area contributed by atoms with Gasteiger partial charge in [0.15, 0.2) is 0 Å². The molecule has 26 heavy (non-hydrogen) atoms. The minimum Gasteiger partial charge on any atom is -0.497 e. The molecule has 1 fully saturated rings. The Bertz CT molecular complexity index is 901. The van der Waals surface area contributed by atoms with Crippen molar-refractivity contribution in [3.05, 3.63) is 59.7 Å². The second-order valence-corrected chi connectivity index (χ2v) is 8.28. The van der Waals surface area contributed by atoms with Gasteiger partial charge in [-0.2, -0.15) is 9.57 Å². The lowest BCUT2D eigenvalue weighted by Gasteiger charge is -2.29. The highest BCUT2D eigenvalue weighted by Crippen LogP contribution is 2.35. The molecule has 0 unspecified atom stereocenters. The van der Waals surface area contributed by atoms with E-state index in [-0.39, 0.29) is 10.9 Å². The van der Waals surface area contributed by atoms with Gasteiger partial charge in [0.25, 0.3) is 0 Å². The third-order valence-electron chi connectivity index (χ3n) is 4.77. The number of hydrogen-bond acceptors (Lipinski definition) is 4. The highest BCUT2D eigenvalue weighted by molar-refractivity contribution is 7.89. The summed E-state index contributed by atoms with van der Waals surface area (Å²) in [6.07, 6.45) is 3.62. The van der Waals surface area contributed by atoms with E-state index in [0.29, 0.717) is 12.1 Å². The van der Waals surface area contributed by atoms with Gasteiger partial charge in [-0.05, 0) is 48.7 Å². The first kappa shape index (κ1) is 18.4. The molecule has 0 saturated carbocycles. The van der Waals surface area contributed by atoms with Crippen LogP contribution in [-0.2, 0) is 10.0 Å². The highest BCUT2D eigenvalue weighted by Gasteiger charge is 2.33. The van der Waals surface area contributed by atoms with Gasteiger partial charge in [-0.25, -0.2) is 8.42 Å². The van der Waals surface area contributed by atoms with Crippen LogP contribution in [0, 0.1) is 11.3 Å². The Hall–Kier alpha value is -2.36. The lowest BCUT2D eigenvalue weighted by Crippen LogP contribution is -2.34. The van der Waals surface area contributed by atoms with Gasteiger partial charge in [0.05, 0.1) is 29.7 Å². The molecule has 0 spiro atoms. The monoisotopic (exact) mass is 370 g/mol. The summed E-state index contributed by atoms with van der Waals surface area (Å²) in [5, 5.41) is 9.09. The molecule has 0 aliphatic carbocycles. The van der Waals surface area contributed by atoms with E-state index in [0.717, 1.165) is 37.0 Å². The molecule has 136 valence electrons. The fourth-order valence-electron chi connectivity index (χ4n) is 3.39. The maximum atomic E-state index is 13.3. The van der Waals surface area contributed by atoms with Crippen molar-refractivity contribution < 1.29 is 13.2 Å². The maximum Gasteiger partial charge on any atom is 0.243 e. The first-order valence-corrected chi connectivity index (χ1v) is 10.2. The third kappa shape index (κ3) is 3.74. The van der Waals surface area contributed by atoms with Crippen LogP contribution < -0.4 is 4.74 Å². The van der Waals surface area contributed by atoms with Crippen LogP contribution in [-0.4, -0.2) is 26.4 Å². The first-order valence-electron chi connectivity index (χ1n) is 8.72. The molecule has 1 aliphatic heterocycles. The molecule has 0 N–H and O–H groups in total. The summed E-state index contributed by atoms with van der Waals surface area (Å²) >= 11 is 0. The third-order valence-corrected chi connectivity index (χ3v) is 6.68. The molecule has 2 aromatic rings. The smallest absolute Gasteiger partial charge is 0.243 e. The predicted octanol–water partition coefficient (Wildman–Crippen LogP) is 3.87. The number of rotatable bonds is 4. The molecular weight excluding hydrogens is 348 g/mol. The van der Waals surface area contributed by atoms with Gasteiger partial charge in [-0.1, -0.05) is 31.0 Å². The van der Waals surface area contributed by atoms with Crippen molar-refractivity contribution in [2.24, 2.45) is 0 Å². The number of benzene rings is 2. The summed E-state index contributed by atoms with van der Waals surface area (Å²) in [4.78, 5) is 0.178. The van der Waals surface area contributed by atoms with E-state index >= 15 is 0 Å². The average Bonchev–Trinajstić information content (AvgIpc) is 2.94. The zero-order valence-electron chi connectivity index (χ0n) is 14.8. The van der Waals surface area contributed by atoms with Crippen molar-refractivity contribution in [3.8, 4) is 11.8 Å². The van der Waals surface area contributed by atoms with Crippen molar-refractivity contribution >= 4 is 10.0 Å². The molecule has 5 nitrogen and oxygen atoms in total. The number of nitrogens with zero attached hydrogens (tertiary/aromatic N) is 2. The molecule has 1 atom stereocenters. The fourth-order valence-corrected chi connectivity index (χ4v) is 5.12. The van der Waals surface area contributed by atoms with E-state index < -0.39 is 10.0 Å². The maximum absolute atomic E-state index is 13.3. The number of sulfonamides is 1. The highest BCUT2D eigenvalue weighted by atomic mass is 32.2. The minimum absolute atomic E-state index is 0.178. The fraction of sp³-hybridized carbons (Fsp3) is 0.350. The van der Waals surface area contributed by atoms with Gasteiger partial charge in [0.1, 0.15) is 5.75 Å². The zero-order valence-corrected chi connectivity index (χ0v) is 15.6. The van der Waals surface area contributed by atoms with E-state index in [1.165, 1.54) is 6.07 Å². The van der Waals surface area contributed by atoms with E-state index in [4.69, 9.17) is 10.00 Å². The molecular formula is C20H22N2O3S. The van der Waals surface area contributed by atoms with Crippen LogP contribution in [0.3, 0.4) is 0 Å². The summed E-state index contributed by atoms with van der Waals surface area (Å²) < 4.78 is 33.4. The van der Waals surface area contributed by atoms with Crippen LogP contribution in [0.1, 0.15) is 42.9 Å². The van der Waals surface area contributed by atoms with Crippen molar-refractivity contribution in [1.82, 2.24) is 4.31 Å². The van der Waals surface area contributed by atoms with Crippen LogP contribution in [0.2, 0.25) is 0 Å². The molecule has 6 heteroatoms. The molecule has 0 amide bonds. The van der Waals surface area contributed by atoms with Crippen LogP contribution in [0.5, 0.6) is 5.75 Å². The Morgan fingerprint density at radius 2 is 1.88 bits per heavy atom. The Kier molecular flexibility index (Phi) is 5.60. The number of nitriles is 1. The van der Waals surface area contributed by atoms with E-state index in [1.54, 1.807) is 29.6 Å². The second kappa shape index (κ2) is 7.90. The topological polar surface area (TPSA) is 70.4 Å². The van der Waals surface area contributed by atoms with Gasteiger partial charge in [0, 0.05) is 6.54 Å². The molecule has 2 aromatic carbocycles. The Labute approximate surface area is 154 Å². The lowest BCUT2D eigenvalue weighted by molar-refractivity contribution is 0.328. The van der Waals surface area contributed by atoms with Crippen LogP contribution in [0.4, 0.5) is 0 Å². The van der Waals surface area contributed by atoms with Crippen LogP contribution in [0.15, 0.2) is 53.4 Å². The van der Waals surface area contributed by atoms with Gasteiger partial charge in [0.2, 0.25) is 10.0 Å². The second-order valence-electron chi connectivity index (χ2n) is 6.39. The predicted molar refractivity (Wildman–Crippen MR) is 99.3 cm³/mol. The van der Waals surface area contributed by atoms with Crippen molar-refractivity contribution in [2.45, 2.75) is 36.6 Å². The Balaban J connectivity index is 2.01. The van der Waals surface area contributed by atoms with Crippen molar-refractivity contribution in [3.63, 3.8) is 0 Å². The largest absolute Gasteiger partial charge is 0.497 e. The molecule has 0 radical (unpaired) electrons. The summed E-state index contributed by atoms with van der Waals surface area (Å²) in [7, 11) is -2.07. The zero-order chi connectivity index (χ0) is 18.6. The van der Waals surface area contributed by atoms with E-state index in [1.807, 2.05) is 30.3 Å². The Morgan fingerprint density at radius 3 is 2.58 bits per heavy atom. The molecule has 3 rings (SSSR count). The molecule has 1 saturated heterocycles. The number of hydrogen-bond donors (Lipinski definition) is 0. The summed E-state index contributed by atoms with van der Waals surface area (Å²) in [5.74, 6) is 0.749. The van der Waals surface area contributed by atoms with Gasteiger partial charge in [-0.15, -0.1) is 0 Å². The van der Waals surface area contributed by atoms with E-state index in [9.17, 15) is 8.42 Å². The Morgan fingerprint density at radius 1 is 1.12 bits per heavy atom. The summed E-state index contributed by atoms with van der Waals surface area (Å²) in [6, 6.07) is 15.6. The number of methoxy groups -OCH3 is 1. The average molecular weight is 370 g/mol. The molecule has 0 bridgehead atoms. The minimum atomic E-state index is -3.68. The summed E-state index contributed by atoms with van der Waals surface area (Å²) in [5.41, 5.74) is 1.31. The SMILES string of the molecule is COc1ccc([C@@H]2CCCCCN2S(=O)(=O)c2cccc(C#N)c2)cc1.